The fourth-order valence-electron chi connectivity index (χ4n) is 2.81. The van der Waals surface area contributed by atoms with Crippen molar-refractivity contribution in [3.05, 3.63) is 71.4 Å². The van der Waals surface area contributed by atoms with Crippen molar-refractivity contribution >= 4 is 16.9 Å². The Morgan fingerprint density at radius 1 is 1.16 bits per heavy atom. The van der Waals surface area contributed by atoms with Gasteiger partial charge in [-0.1, -0.05) is 30.3 Å². The number of rotatable bonds is 5. The number of aromatic amines is 1. The number of aliphatic imine (C=N–C) groups is 1. The van der Waals surface area contributed by atoms with Gasteiger partial charge in [0.1, 0.15) is 0 Å². The minimum atomic E-state index is 0.627. The lowest BCUT2D eigenvalue weighted by Crippen LogP contribution is -2.37. The molecule has 0 aliphatic carbocycles. The molecule has 5 nitrogen and oxygen atoms in total. The molecule has 3 aromatic rings. The van der Waals surface area contributed by atoms with Crippen molar-refractivity contribution in [2.45, 2.75) is 13.0 Å². The van der Waals surface area contributed by atoms with Gasteiger partial charge in [-0.2, -0.15) is 5.26 Å². The van der Waals surface area contributed by atoms with E-state index in [1.807, 2.05) is 24.3 Å². The number of nitriles is 1. The SMILES string of the molecule is CN=C(NCCc1c[nH]c2ccccc12)NCc1cccc(C#N)c1. The highest BCUT2D eigenvalue weighted by atomic mass is 15.2. The number of hydrogen-bond donors (Lipinski definition) is 3. The molecule has 0 aliphatic heterocycles. The number of hydrogen-bond acceptors (Lipinski definition) is 2. The molecule has 0 unspecified atom stereocenters. The average Bonchev–Trinajstić information content (AvgIpc) is 3.08. The Morgan fingerprint density at radius 3 is 2.88 bits per heavy atom. The van der Waals surface area contributed by atoms with Gasteiger partial charge in [-0.25, -0.2) is 0 Å². The number of benzene rings is 2. The van der Waals surface area contributed by atoms with Gasteiger partial charge in [-0.15, -0.1) is 0 Å². The minimum absolute atomic E-state index is 0.627. The van der Waals surface area contributed by atoms with Crippen LogP contribution in [0, 0.1) is 11.3 Å². The zero-order valence-corrected chi connectivity index (χ0v) is 14.2. The fraction of sp³-hybridized carbons (Fsp3) is 0.200. The van der Waals surface area contributed by atoms with E-state index in [-0.39, 0.29) is 0 Å². The molecule has 5 heteroatoms. The second-order valence-corrected chi connectivity index (χ2v) is 5.77. The predicted octanol–water partition coefficient (Wildman–Crippen LogP) is 2.95. The van der Waals surface area contributed by atoms with E-state index in [9.17, 15) is 0 Å². The van der Waals surface area contributed by atoms with Gasteiger partial charge in [0, 0.05) is 37.2 Å². The first-order valence-electron chi connectivity index (χ1n) is 8.28. The Morgan fingerprint density at radius 2 is 2.04 bits per heavy atom. The molecule has 0 bridgehead atoms. The molecule has 126 valence electrons. The van der Waals surface area contributed by atoms with Crippen LogP contribution in [-0.2, 0) is 13.0 Å². The van der Waals surface area contributed by atoms with Crippen LogP contribution in [-0.4, -0.2) is 24.5 Å². The van der Waals surface area contributed by atoms with Gasteiger partial charge >= 0.3 is 0 Å². The van der Waals surface area contributed by atoms with E-state index in [1.54, 1.807) is 13.1 Å². The zero-order chi connectivity index (χ0) is 17.5. The lowest BCUT2D eigenvalue weighted by atomic mass is 10.1. The fourth-order valence-corrected chi connectivity index (χ4v) is 2.81. The number of nitrogens with one attached hydrogen (secondary N) is 3. The van der Waals surface area contributed by atoms with Crippen LogP contribution in [0.5, 0.6) is 0 Å². The van der Waals surface area contributed by atoms with Crippen molar-refractivity contribution in [3.8, 4) is 6.07 Å². The number of aromatic nitrogens is 1. The molecule has 0 fully saturated rings. The van der Waals surface area contributed by atoms with Crippen LogP contribution in [0.4, 0.5) is 0 Å². The average molecular weight is 331 g/mol. The van der Waals surface area contributed by atoms with Crippen LogP contribution in [0.25, 0.3) is 10.9 Å². The van der Waals surface area contributed by atoms with Gasteiger partial charge in [-0.05, 0) is 35.7 Å². The van der Waals surface area contributed by atoms with Gasteiger partial charge < -0.3 is 15.6 Å². The number of para-hydroxylation sites is 1. The molecule has 0 aliphatic rings. The van der Waals surface area contributed by atoms with Crippen LogP contribution in [0.1, 0.15) is 16.7 Å². The first kappa shape index (κ1) is 16.6. The Bertz CT molecular complexity index is 917. The van der Waals surface area contributed by atoms with E-state index in [0.717, 1.165) is 30.0 Å². The summed E-state index contributed by atoms with van der Waals surface area (Å²) in [4.78, 5) is 7.55. The molecule has 0 saturated heterocycles. The lowest BCUT2D eigenvalue weighted by Gasteiger charge is -2.12. The smallest absolute Gasteiger partial charge is 0.191 e. The summed E-state index contributed by atoms with van der Waals surface area (Å²) in [6.45, 7) is 1.42. The Balaban J connectivity index is 1.52. The molecular weight excluding hydrogens is 310 g/mol. The summed E-state index contributed by atoms with van der Waals surface area (Å²) < 4.78 is 0. The van der Waals surface area contributed by atoms with E-state index in [4.69, 9.17) is 5.26 Å². The third-order valence-electron chi connectivity index (χ3n) is 4.10. The number of guanidine groups is 1. The molecule has 1 aromatic heterocycles. The third kappa shape index (κ3) is 4.18. The quantitative estimate of drug-likeness (QED) is 0.497. The first-order chi connectivity index (χ1) is 12.3. The summed E-state index contributed by atoms with van der Waals surface area (Å²) in [6.07, 6.45) is 2.98. The zero-order valence-electron chi connectivity index (χ0n) is 14.2. The van der Waals surface area contributed by atoms with Crippen LogP contribution in [0.2, 0.25) is 0 Å². The van der Waals surface area contributed by atoms with Crippen molar-refractivity contribution in [3.63, 3.8) is 0 Å². The van der Waals surface area contributed by atoms with Crippen LogP contribution < -0.4 is 10.6 Å². The van der Waals surface area contributed by atoms with E-state index >= 15 is 0 Å². The monoisotopic (exact) mass is 331 g/mol. The maximum absolute atomic E-state index is 8.96. The van der Waals surface area contributed by atoms with Crippen molar-refractivity contribution in [1.29, 1.82) is 5.26 Å². The summed E-state index contributed by atoms with van der Waals surface area (Å²) in [5.74, 6) is 0.752. The van der Waals surface area contributed by atoms with Crippen molar-refractivity contribution in [1.82, 2.24) is 15.6 Å². The normalized spacial score (nSPS) is 11.3. The number of fused-ring (bicyclic) bond motifs is 1. The molecule has 3 rings (SSSR count). The molecular formula is C20H21N5. The Labute approximate surface area is 147 Å². The summed E-state index contributed by atoms with van der Waals surface area (Å²) in [6, 6.07) is 18.0. The number of nitrogens with zero attached hydrogens (tertiary/aromatic N) is 2. The predicted molar refractivity (Wildman–Crippen MR) is 101 cm³/mol. The highest BCUT2D eigenvalue weighted by Crippen LogP contribution is 2.17. The molecule has 0 radical (unpaired) electrons. The van der Waals surface area contributed by atoms with Gasteiger partial charge in [0.05, 0.1) is 11.6 Å². The molecule has 0 saturated carbocycles. The highest BCUT2D eigenvalue weighted by Gasteiger charge is 2.04. The first-order valence-corrected chi connectivity index (χ1v) is 8.28. The van der Waals surface area contributed by atoms with Gasteiger partial charge in [0.2, 0.25) is 0 Å². The van der Waals surface area contributed by atoms with E-state index in [2.05, 4.69) is 51.1 Å². The van der Waals surface area contributed by atoms with Crippen molar-refractivity contribution in [2.24, 2.45) is 4.99 Å². The van der Waals surface area contributed by atoms with Crippen LogP contribution >= 0.6 is 0 Å². The Hall–Kier alpha value is -3.26. The number of H-pyrrole nitrogens is 1. The van der Waals surface area contributed by atoms with Gasteiger partial charge in [0.15, 0.2) is 5.96 Å². The van der Waals surface area contributed by atoms with Crippen LogP contribution in [0.15, 0.2) is 59.7 Å². The second kappa shape index (κ2) is 8.02. The summed E-state index contributed by atoms with van der Waals surface area (Å²) in [7, 11) is 1.76. The standard InChI is InChI=1S/C20H21N5/c1-22-20(25-13-16-6-4-5-15(11-16)12-21)23-10-9-17-14-24-19-8-3-2-7-18(17)19/h2-8,11,14,24H,9-10,13H2,1H3,(H2,22,23,25). The van der Waals surface area contributed by atoms with E-state index < -0.39 is 0 Å². The van der Waals surface area contributed by atoms with Crippen LogP contribution in [0.3, 0.4) is 0 Å². The molecule has 25 heavy (non-hydrogen) atoms. The summed E-state index contributed by atoms with van der Waals surface area (Å²) in [5.41, 5.74) is 4.18. The maximum atomic E-state index is 8.96. The topological polar surface area (TPSA) is 76.0 Å². The molecule has 0 atom stereocenters. The third-order valence-corrected chi connectivity index (χ3v) is 4.10. The molecule has 1 heterocycles. The minimum Gasteiger partial charge on any atom is -0.361 e. The summed E-state index contributed by atoms with van der Waals surface area (Å²) in [5, 5.41) is 16.8. The summed E-state index contributed by atoms with van der Waals surface area (Å²) >= 11 is 0. The maximum Gasteiger partial charge on any atom is 0.191 e. The van der Waals surface area contributed by atoms with Crippen molar-refractivity contribution in [2.75, 3.05) is 13.6 Å². The van der Waals surface area contributed by atoms with Crippen molar-refractivity contribution < 1.29 is 0 Å². The van der Waals surface area contributed by atoms with E-state index in [1.165, 1.54) is 10.9 Å². The second-order valence-electron chi connectivity index (χ2n) is 5.77. The Kier molecular flexibility index (Phi) is 5.32. The van der Waals surface area contributed by atoms with Gasteiger partial charge in [0.25, 0.3) is 0 Å². The highest BCUT2D eigenvalue weighted by molar-refractivity contribution is 5.83. The molecule has 0 amide bonds. The van der Waals surface area contributed by atoms with E-state index in [0.29, 0.717) is 12.1 Å². The molecule has 0 spiro atoms. The lowest BCUT2D eigenvalue weighted by molar-refractivity contribution is 0.796. The molecule has 2 aromatic carbocycles. The molecule has 3 N–H and O–H groups in total. The van der Waals surface area contributed by atoms with Gasteiger partial charge in [-0.3, -0.25) is 4.99 Å². The largest absolute Gasteiger partial charge is 0.361 e.